The van der Waals surface area contributed by atoms with E-state index in [4.69, 9.17) is 11.6 Å². The normalized spacial score (nSPS) is 24.8. The lowest BCUT2D eigenvalue weighted by Gasteiger charge is -2.42. The largest absolute Gasteiger partial charge is 0.355 e. The van der Waals surface area contributed by atoms with Crippen LogP contribution >= 0.6 is 11.6 Å². The van der Waals surface area contributed by atoms with Crippen LogP contribution in [-0.2, 0) is 9.59 Å². The number of carbonyl (C=O) groups excluding carboxylic acids is 2. The molecule has 1 fully saturated rings. The van der Waals surface area contributed by atoms with Crippen molar-refractivity contribution in [1.29, 1.82) is 0 Å². The molecular formula is C15H17ClN2O2. The summed E-state index contributed by atoms with van der Waals surface area (Å²) in [4.78, 5) is 30.2. The van der Waals surface area contributed by atoms with Gasteiger partial charge in [0.15, 0.2) is 5.78 Å². The number of nitrogens with zero attached hydrogens (tertiary/aromatic N) is 2. The molecule has 1 saturated heterocycles. The van der Waals surface area contributed by atoms with Crippen LogP contribution in [0.2, 0.25) is 0 Å². The van der Waals surface area contributed by atoms with Crippen LogP contribution in [0.4, 0.5) is 0 Å². The number of hydrogen-bond donors (Lipinski definition) is 0. The van der Waals surface area contributed by atoms with Crippen LogP contribution in [0.15, 0.2) is 27.9 Å². The molecule has 0 aromatic heterocycles. The maximum absolute atomic E-state index is 12.2. The van der Waals surface area contributed by atoms with Crippen molar-refractivity contribution in [2.24, 2.45) is 10.4 Å². The molecule has 0 radical (unpaired) electrons. The van der Waals surface area contributed by atoms with Crippen molar-refractivity contribution in [1.82, 2.24) is 4.90 Å². The highest BCUT2D eigenvalue weighted by atomic mass is 35.5. The van der Waals surface area contributed by atoms with E-state index in [1.807, 2.05) is 0 Å². The second kappa shape index (κ2) is 4.55. The molecule has 0 aromatic carbocycles. The van der Waals surface area contributed by atoms with Crippen LogP contribution < -0.4 is 0 Å². The first-order valence-corrected chi connectivity index (χ1v) is 7.23. The lowest BCUT2D eigenvalue weighted by Crippen LogP contribution is -2.47. The molecule has 2 aliphatic heterocycles. The van der Waals surface area contributed by atoms with E-state index in [0.717, 1.165) is 25.2 Å². The molecule has 20 heavy (non-hydrogen) atoms. The summed E-state index contributed by atoms with van der Waals surface area (Å²) >= 11 is 5.49. The Morgan fingerprint density at radius 1 is 1.45 bits per heavy atom. The van der Waals surface area contributed by atoms with Crippen LogP contribution in [0.1, 0.15) is 33.1 Å². The number of amidine groups is 1. The van der Waals surface area contributed by atoms with Gasteiger partial charge in [-0.05, 0) is 29.5 Å². The Labute approximate surface area is 123 Å². The molecule has 0 saturated carbocycles. The zero-order valence-corrected chi connectivity index (χ0v) is 12.5. The zero-order valence-electron chi connectivity index (χ0n) is 11.7. The van der Waals surface area contributed by atoms with Gasteiger partial charge >= 0.3 is 0 Å². The number of piperidine rings is 1. The minimum absolute atomic E-state index is 0.0299. The monoisotopic (exact) mass is 292 g/mol. The fourth-order valence-corrected chi connectivity index (χ4v) is 3.14. The van der Waals surface area contributed by atoms with Gasteiger partial charge in [0.1, 0.15) is 5.84 Å². The SMILES string of the molecule is CC1(C)CCC2=NC3=C(CN2C1)C(=O)CC(C(=O)Cl)=C3. The van der Waals surface area contributed by atoms with Gasteiger partial charge in [-0.3, -0.25) is 9.59 Å². The van der Waals surface area contributed by atoms with Gasteiger partial charge in [-0.15, -0.1) is 0 Å². The highest BCUT2D eigenvalue weighted by Gasteiger charge is 2.35. The predicted octanol–water partition coefficient (Wildman–Crippen LogP) is 2.44. The van der Waals surface area contributed by atoms with Crippen molar-refractivity contribution in [3.63, 3.8) is 0 Å². The molecule has 5 heteroatoms. The summed E-state index contributed by atoms with van der Waals surface area (Å²) in [5.41, 5.74) is 1.95. The Bertz CT molecular complexity index is 599. The van der Waals surface area contributed by atoms with E-state index in [2.05, 4.69) is 23.7 Å². The Kier molecular flexibility index (Phi) is 3.09. The number of allylic oxidation sites excluding steroid dienone is 2. The first-order chi connectivity index (χ1) is 9.35. The van der Waals surface area contributed by atoms with Gasteiger partial charge in [-0.1, -0.05) is 13.8 Å². The standard InChI is InChI=1S/C15H17ClN2O2/c1-15(2)4-3-13-17-11-5-9(14(16)20)6-12(19)10(11)7-18(13)8-15/h5H,3-4,6-8H2,1-2H3. The van der Waals surface area contributed by atoms with Gasteiger partial charge in [0.2, 0.25) is 5.24 Å². The molecule has 0 aromatic rings. The van der Waals surface area contributed by atoms with E-state index in [1.54, 1.807) is 6.08 Å². The van der Waals surface area contributed by atoms with Crippen LogP contribution in [0.5, 0.6) is 0 Å². The summed E-state index contributed by atoms with van der Waals surface area (Å²) in [5, 5.41) is -0.558. The third-order valence-corrected chi connectivity index (χ3v) is 4.41. The van der Waals surface area contributed by atoms with Crippen LogP contribution in [0, 0.1) is 5.41 Å². The Hall–Kier alpha value is -1.42. The number of rotatable bonds is 1. The van der Waals surface area contributed by atoms with Crippen molar-refractivity contribution in [3.8, 4) is 0 Å². The second-order valence-corrected chi connectivity index (χ2v) is 6.80. The summed E-state index contributed by atoms with van der Waals surface area (Å²) in [6.45, 7) is 6.00. The average molecular weight is 293 g/mol. The fourth-order valence-electron chi connectivity index (χ4n) is 3.02. The summed E-state index contributed by atoms with van der Waals surface area (Å²) in [6.07, 6.45) is 3.78. The molecule has 2 heterocycles. The first kappa shape index (κ1) is 13.6. The summed E-state index contributed by atoms with van der Waals surface area (Å²) in [6, 6.07) is 0. The lowest BCUT2D eigenvalue weighted by atomic mass is 9.82. The molecule has 4 nitrogen and oxygen atoms in total. The van der Waals surface area contributed by atoms with Crippen molar-refractivity contribution < 1.29 is 9.59 Å². The fraction of sp³-hybridized carbons (Fsp3) is 0.533. The van der Waals surface area contributed by atoms with E-state index in [-0.39, 0.29) is 17.6 Å². The molecule has 1 aliphatic carbocycles. The molecule has 0 spiro atoms. The maximum atomic E-state index is 12.2. The highest BCUT2D eigenvalue weighted by molar-refractivity contribution is 6.68. The van der Waals surface area contributed by atoms with Crippen molar-refractivity contribution in [2.75, 3.05) is 13.1 Å². The molecule has 3 rings (SSSR count). The van der Waals surface area contributed by atoms with Crippen LogP contribution in [0.3, 0.4) is 0 Å². The summed E-state index contributed by atoms with van der Waals surface area (Å²) < 4.78 is 0. The number of Topliss-reactive ketones (excluding diaryl/α,β-unsaturated/α-hetero) is 1. The maximum Gasteiger partial charge on any atom is 0.248 e. The van der Waals surface area contributed by atoms with Crippen molar-refractivity contribution >= 4 is 28.5 Å². The number of aliphatic imine (C=N–C) groups is 1. The van der Waals surface area contributed by atoms with E-state index >= 15 is 0 Å². The molecule has 3 aliphatic rings. The van der Waals surface area contributed by atoms with Gasteiger partial charge < -0.3 is 4.90 Å². The number of carbonyl (C=O) groups is 2. The number of halogens is 1. The smallest absolute Gasteiger partial charge is 0.248 e. The molecule has 0 atom stereocenters. The Morgan fingerprint density at radius 2 is 2.20 bits per heavy atom. The molecule has 0 unspecified atom stereocenters. The minimum atomic E-state index is -0.558. The first-order valence-electron chi connectivity index (χ1n) is 6.85. The van der Waals surface area contributed by atoms with E-state index in [0.29, 0.717) is 23.4 Å². The highest BCUT2D eigenvalue weighted by Crippen LogP contribution is 2.35. The third-order valence-electron chi connectivity index (χ3n) is 4.17. The van der Waals surface area contributed by atoms with Crippen molar-refractivity contribution in [3.05, 3.63) is 22.9 Å². The quantitative estimate of drug-likeness (QED) is 0.698. The molecule has 0 bridgehead atoms. The van der Waals surface area contributed by atoms with E-state index in [9.17, 15) is 9.59 Å². The van der Waals surface area contributed by atoms with E-state index in [1.165, 1.54) is 0 Å². The molecule has 106 valence electrons. The number of ketones is 1. The minimum Gasteiger partial charge on any atom is -0.355 e. The predicted molar refractivity (Wildman–Crippen MR) is 77.6 cm³/mol. The van der Waals surface area contributed by atoms with E-state index < -0.39 is 5.24 Å². The lowest BCUT2D eigenvalue weighted by molar-refractivity contribution is -0.117. The third kappa shape index (κ3) is 2.33. The van der Waals surface area contributed by atoms with Gasteiger partial charge in [0.05, 0.1) is 5.70 Å². The molecule has 0 amide bonds. The average Bonchev–Trinajstić information content (AvgIpc) is 2.36. The number of hydrogen-bond acceptors (Lipinski definition) is 4. The molecular weight excluding hydrogens is 276 g/mol. The van der Waals surface area contributed by atoms with Crippen LogP contribution in [-0.4, -0.2) is 34.9 Å². The summed E-state index contributed by atoms with van der Waals surface area (Å²) in [5.74, 6) is 0.994. The topological polar surface area (TPSA) is 49.7 Å². The van der Waals surface area contributed by atoms with Gasteiger partial charge in [0, 0.05) is 37.1 Å². The van der Waals surface area contributed by atoms with Gasteiger partial charge in [-0.25, -0.2) is 4.99 Å². The second-order valence-electron chi connectivity index (χ2n) is 6.46. The van der Waals surface area contributed by atoms with Crippen molar-refractivity contribution in [2.45, 2.75) is 33.1 Å². The Morgan fingerprint density at radius 3 is 2.90 bits per heavy atom. The summed E-state index contributed by atoms with van der Waals surface area (Å²) in [7, 11) is 0. The Balaban J connectivity index is 1.95. The van der Waals surface area contributed by atoms with Crippen LogP contribution in [0.25, 0.3) is 0 Å². The van der Waals surface area contributed by atoms with Gasteiger partial charge in [0.25, 0.3) is 0 Å². The number of fused-ring (bicyclic) bond motifs is 1. The van der Waals surface area contributed by atoms with Gasteiger partial charge in [-0.2, -0.15) is 0 Å². The molecule has 0 N–H and O–H groups in total. The zero-order chi connectivity index (χ0) is 14.5.